The standard InChI is InChI=1S/C12H16ClNO2/c1-7-5-9(13)12(16-2)11(15)10(7)8-3-4-14-6-8/h5,8,14-15H,3-4,6H2,1-2H3. The molecule has 1 aromatic carbocycles. The Kier molecular flexibility index (Phi) is 3.26. The molecule has 0 aliphatic carbocycles. The Morgan fingerprint density at radius 1 is 1.56 bits per heavy atom. The number of phenolic OH excluding ortho intramolecular Hbond substituents is 1. The van der Waals surface area contributed by atoms with Crippen LogP contribution in [-0.4, -0.2) is 25.3 Å². The van der Waals surface area contributed by atoms with Gasteiger partial charge in [-0.05, 0) is 31.5 Å². The fourth-order valence-electron chi connectivity index (χ4n) is 2.37. The minimum absolute atomic E-state index is 0.196. The molecule has 0 radical (unpaired) electrons. The molecule has 0 saturated carbocycles. The molecule has 1 aliphatic heterocycles. The molecule has 1 saturated heterocycles. The monoisotopic (exact) mass is 241 g/mol. The number of rotatable bonds is 2. The molecule has 2 N–H and O–H groups in total. The van der Waals surface area contributed by atoms with Crippen LogP contribution in [0.5, 0.6) is 11.5 Å². The van der Waals surface area contributed by atoms with Gasteiger partial charge in [0.15, 0.2) is 11.5 Å². The minimum atomic E-state index is 0.196. The van der Waals surface area contributed by atoms with Crippen molar-refractivity contribution in [2.24, 2.45) is 0 Å². The van der Waals surface area contributed by atoms with Crippen LogP contribution in [0.2, 0.25) is 5.02 Å². The lowest BCUT2D eigenvalue weighted by molar-refractivity contribution is 0.368. The average molecular weight is 242 g/mol. The molecule has 0 spiro atoms. The van der Waals surface area contributed by atoms with E-state index in [1.54, 1.807) is 0 Å². The van der Waals surface area contributed by atoms with Crippen LogP contribution in [0.3, 0.4) is 0 Å². The highest BCUT2D eigenvalue weighted by molar-refractivity contribution is 6.32. The summed E-state index contributed by atoms with van der Waals surface area (Å²) in [4.78, 5) is 0. The second kappa shape index (κ2) is 4.52. The number of hydrogen-bond donors (Lipinski definition) is 2. The molecule has 1 aromatic rings. The molecule has 1 unspecified atom stereocenters. The second-order valence-electron chi connectivity index (χ2n) is 4.16. The lowest BCUT2D eigenvalue weighted by atomic mass is 9.93. The van der Waals surface area contributed by atoms with E-state index in [-0.39, 0.29) is 5.75 Å². The van der Waals surface area contributed by atoms with Crippen LogP contribution in [-0.2, 0) is 0 Å². The lowest BCUT2D eigenvalue weighted by Gasteiger charge is -2.17. The van der Waals surface area contributed by atoms with Crippen molar-refractivity contribution in [2.45, 2.75) is 19.3 Å². The van der Waals surface area contributed by atoms with Gasteiger partial charge in [0.2, 0.25) is 0 Å². The third-order valence-corrected chi connectivity index (χ3v) is 3.41. The highest BCUT2D eigenvalue weighted by atomic mass is 35.5. The molecular weight excluding hydrogens is 226 g/mol. The van der Waals surface area contributed by atoms with Gasteiger partial charge in [0, 0.05) is 18.0 Å². The highest BCUT2D eigenvalue weighted by Crippen LogP contribution is 2.43. The zero-order valence-electron chi connectivity index (χ0n) is 9.51. The van der Waals surface area contributed by atoms with E-state index in [1.807, 2.05) is 13.0 Å². The Labute approximate surface area is 100 Å². The van der Waals surface area contributed by atoms with Crippen LogP contribution in [0.15, 0.2) is 6.07 Å². The molecular formula is C12H16ClNO2. The predicted molar refractivity (Wildman–Crippen MR) is 64.6 cm³/mol. The van der Waals surface area contributed by atoms with Gasteiger partial charge in [-0.3, -0.25) is 0 Å². The summed E-state index contributed by atoms with van der Waals surface area (Å²) in [6, 6.07) is 1.85. The second-order valence-corrected chi connectivity index (χ2v) is 4.57. The fraction of sp³-hybridized carbons (Fsp3) is 0.500. The Morgan fingerprint density at radius 3 is 2.88 bits per heavy atom. The number of methoxy groups -OCH3 is 1. The summed E-state index contributed by atoms with van der Waals surface area (Å²) in [5, 5.41) is 13.9. The number of halogens is 1. The molecule has 3 nitrogen and oxygen atoms in total. The Bertz CT molecular complexity index is 400. The summed E-state index contributed by atoms with van der Waals surface area (Å²) < 4.78 is 5.13. The van der Waals surface area contributed by atoms with Crippen LogP contribution < -0.4 is 10.1 Å². The van der Waals surface area contributed by atoms with Gasteiger partial charge in [-0.1, -0.05) is 11.6 Å². The molecule has 1 aliphatic rings. The first kappa shape index (κ1) is 11.6. The fourth-order valence-corrected chi connectivity index (χ4v) is 2.70. The van der Waals surface area contributed by atoms with E-state index in [2.05, 4.69) is 5.32 Å². The smallest absolute Gasteiger partial charge is 0.179 e. The van der Waals surface area contributed by atoms with Gasteiger partial charge in [0.05, 0.1) is 12.1 Å². The number of nitrogens with one attached hydrogen (secondary N) is 1. The highest BCUT2D eigenvalue weighted by Gasteiger charge is 2.25. The zero-order valence-corrected chi connectivity index (χ0v) is 10.3. The van der Waals surface area contributed by atoms with Gasteiger partial charge in [-0.15, -0.1) is 0 Å². The van der Waals surface area contributed by atoms with E-state index < -0.39 is 0 Å². The molecule has 1 fully saturated rings. The number of hydrogen-bond acceptors (Lipinski definition) is 3. The minimum Gasteiger partial charge on any atom is -0.504 e. The van der Waals surface area contributed by atoms with Crippen molar-refractivity contribution in [2.75, 3.05) is 20.2 Å². The summed E-state index contributed by atoms with van der Waals surface area (Å²) >= 11 is 6.01. The maximum Gasteiger partial charge on any atom is 0.179 e. The van der Waals surface area contributed by atoms with Gasteiger partial charge in [0.1, 0.15) is 0 Å². The summed E-state index contributed by atoms with van der Waals surface area (Å²) in [5.41, 5.74) is 1.99. The SMILES string of the molecule is COc1c(Cl)cc(C)c(C2CCNC2)c1O. The lowest BCUT2D eigenvalue weighted by Crippen LogP contribution is -2.09. The van der Waals surface area contributed by atoms with E-state index in [4.69, 9.17) is 16.3 Å². The van der Waals surface area contributed by atoms with Crippen molar-refractivity contribution < 1.29 is 9.84 Å². The molecule has 1 heterocycles. The first-order valence-electron chi connectivity index (χ1n) is 5.41. The van der Waals surface area contributed by atoms with Crippen molar-refractivity contribution >= 4 is 11.6 Å². The molecule has 0 amide bonds. The predicted octanol–water partition coefficient (Wildman–Crippen LogP) is 2.44. The van der Waals surface area contributed by atoms with Crippen LogP contribution in [0.1, 0.15) is 23.5 Å². The maximum atomic E-state index is 10.2. The Hall–Kier alpha value is -0.930. The van der Waals surface area contributed by atoms with E-state index in [9.17, 15) is 5.11 Å². The molecule has 16 heavy (non-hydrogen) atoms. The molecule has 0 aromatic heterocycles. The van der Waals surface area contributed by atoms with Crippen LogP contribution in [0, 0.1) is 6.92 Å². The maximum absolute atomic E-state index is 10.2. The van der Waals surface area contributed by atoms with E-state index in [1.165, 1.54) is 7.11 Å². The first-order chi connectivity index (χ1) is 7.65. The quantitative estimate of drug-likeness (QED) is 0.836. The van der Waals surface area contributed by atoms with Crippen LogP contribution >= 0.6 is 11.6 Å². The van der Waals surface area contributed by atoms with Crippen molar-refractivity contribution in [3.8, 4) is 11.5 Å². The van der Waals surface area contributed by atoms with Crippen molar-refractivity contribution in [1.82, 2.24) is 5.32 Å². The van der Waals surface area contributed by atoms with E-state index in [0.717, 1.165) is 30.6 Å². The first-order valence-corrected chi connectivity index (χ1v) is 5.79. The van der Waals surface area contributed by atoms with Gasteiger partial charge in [-0.2, -0.15) is 0 Å². The topological polar surface area (TPSA) is 41.5 Å². The van der Waals surface area contributed by atoms with Crippen LogP contribution in [0.25, 0.3) is 0 Å². The average Bonchev–Trinajstić information content (AvgIpc) is 2.70. The van der Waals surface area contributed by atoms with Crippen molar-refractivity contribution in [1.29, 1.82) is 0 Å². The summed E-state index contributed by atoms with van der Waals surface area (Å²) in [6.07, 6.45) is 1.04. The third-order valence-electron chi connectivity index (χ3n) is 3.13. The largest absolute Gasteiger partial charge is 0.504 e. The summed E-state index contributed by atoms with van der Waals surface area (Å²) in [5.74, 6) is 0.932. The number of benzene rings is 1. The van der Waals surface area contributed by atoms with Crippen molar-refractivity contribution in [3.05, 3.63) is 22.2 Å². The summed E-state index contributed by atoms with van der Waals surface area (Å²) in [7, 11) is 1.52. The van der Waals surface area contributed by atoms with Crippen LogP contribution in [0.4, 0.5) is 0 Å². The Balaban J connectivity index is 2.50. The summed E-state index contributed by atoms with van der Waals surface area (Å²) in [6.45, 7) is 3.87. The van der Waals surface area contributed by atoms with Gasteiger partial charge >= 0.3 is 0 Å². The van der Waals surface area contributed by atoms with Gasteiger partial charge < -0.3 is 15.2 Å². The molecule has 2 rings (SSSR count). The third kappa shape index (κ3) is 1.85. The number of phenols is 1. The van der Waals surface area contributed by atoms with Gasteiger partial charge in [0.25, 0.3) is 0 Å². The molecule has 0 bridgehead atoms. The molecule has 1 atom stereocenters. The van der Waals surface area contributed by atoms with E-state index >= 15 is 0 Å². The zero-order chi connectivity index (χ0) is 11.7. The van der Waals surface area contributed by atoms with Gasteiger partial charge in [-0.25, -0.2) is 0 Å². The number of ether oxygens (including phenoxy) is 1. The van der Waals surface area contributed by atoms with E-state index in [0.29, 0.717) is 16.7 Å². The van der Waals surface area contributed by atoms with Crippen molar-refractivity contribution in [3.63, 3.8) is 0 Å². The number of aryl methyl sites for hydroxylation is 1. The normalized spacial score (nSPS) is 20.1. The Morgan fingerprint density at radius 2 is 2.31 bits per heavy atom. The molecule has 88 valence electrons. The molecule has 4 heteroatoms. The number of aromatic hydroxyl groups is 1.